The number of carbonyl (C=O) groups is 1. The smallest absolute Gasteiger partial charge is 0.367 e. The summed E-state index contributed by atoms with van der Waals surface area (Å²) in [6.07, 6.45) is -1.61. The van der Waals surface area contributed by atoms with Crippen LogP contribution in [-0.2, 0) is 23.9 Å². The molecule has 0 unspecified atom stereocenters. The van der Waals surface area contributed by atoms with Crippen LogP contribution in [0.1, 0.15) is 36.0 Å². The molecule has 4 rings (SSSR count). The number of carbonyl (C=O) groups excluding carboxylic acids is 1. The van der Waals surface area contributed by atoms with Crippen LogP contribution in [0.5, 0.6) is 0 Å². The molecule has 0 atom stereocenters. The topological polar surface area (TPSA) is 93.9 Å². The van der Waals surface area contributed by atoms with Gasteiger partial charge in [0.15, 0.2) is 0 Å². The number of fused-ring (bicyclic) bond motifs is 1. The molecule has 2 heterocycles. The summed E-state index contributed by atoms with van der Waals surface area (Å²) in [6.45, 7) is 0.950. The third-order valence-electron chi connectivity index (χ3n) is 5.07. The second-order valence-corrected chi connectivity index (χ2v) is 7.38. The summed E-state index contributed by atoms with van der Waals surface area (Å²) in [5.41, 5.74) is 1.78. The largest absolute Gasteiger partial charge is 0.421 e. The molecule has 1 aliphatic heterocycles. The highest BCUT2D eigenvalue weighted by atomic mass is 19.4. The fraction of sp³-hybridized carbons (Fsp3) is 0.400. The summed E-state index contributed by atoms with van der Waals surface area (Å²) < 4.78 is 39.7. The number of hydrogen-bond acceptors (Lipinski definition) is 6. The summed E-state index contributed by atoms with van der Waals surface area (Å²) in [7, 11) is 0. The Kier molecular flexibility index (Phi) is 5.20. The predicted octanol–water partition coefficient (Wildman–Crippen LogP) is 3.61. The van der Waals surface area contributed by atoms with Gasteiger partial charge in [-0.05, 0) is 42.5 Å². The van der Waals surface area contributed by atoms with Gasteiger partial charge in [0.1, 0.15) is 17.8 Å². The van der Waals surface area contributed by atoms with Crippen LogP contribution in [0.2, 0.25) is 0 Å². The number of halogens is 3. The molecular weight excluding hydrogens is 397 g/mol. The molecule has 2 aliphatic rings. The van der Waals surface area contributed by atoms with Crippen molar-refractivity contribution < 1.29 is 18.0 Å². The first kappa shape index (κ1) is 19.9. The molecule has 1 saturated carbocycles. The number of aromatic nitrogens is 2. The van der Waals surface area contributed by atoms with E-state index < -0.39 is 11.7 Å². The Bertz CT molecular complexity index is 1010. The van der Waals surface area contributed by atoms with Crippen molar-refractivity contribution in [1.29, 1.82) is 5.26 Å². The SMILES string of the molecule is N#CCC(=O)N1CCc2cc(Nc3ncc(C(F)(F)F)c(NC4CC4)n3)ccc2C1. The molecular formula is C20H19F3N6O. The van der Waals surface area contributed by atoms with Crippen LogP contribution in [0, 0.1) is 11.3 Å². The molecule has 1 aromatic carbocycles. The van der Waals surface area contributed by atoms with Crippen molar-refractivity contribution in [3.8, 4) is 6.07 Å². The molecule has 2 N–H and O–H groups in total. The van der Waals surface area contributed by atoms with Crippen LogP contribution in [0.4, 0.5) is 30.6 Å². The van der Waals surface area contributed by atoms with Crippen molar-refractivity contribution in [2.24, 2.45) is 0 Å². The number of nitriles is 1. The van der Waals surface area contributed by atoms with Gasteiger partial charge >= 0.3 is 6.18 Å². The van der Waals surface area contributed by atoms with Crippen LogP contribution in [0.3, 0.4) is 0 Å². The number of nitrogens with zero attached hydrogens (tertiary/aromatic N) is 4. The quantitative estimate of drug-likeness (QED) is 0.773. The predicted molar refractivity (Wildman–Crippen MR) is 103 cm³/mol. The average molecular weight is 416 g/mol. The van der Waals surface area contributed by atoms with Crippen LogP contribution in [0.25, 0.3) is 0 Å². The van der Waals surface area contributed by atoms with Gasteiger partial charge in [0.05, 0.1) is 6.07 Å². The molecule has 2 aromatic rings. The molecule has 0 radical (unpaired) electrons. The van der Waals surface area contributed by atoms with Crippen molar-refractivity contribution in [3.63, 3.8) is 0 Å². The molecule has 1 aliphatic carbocycles. The van der Waals surface area contributed by atoms with Crippen LogP contribution in [-0.4, -0.2) is 33.4 Å². The Morgan fingerprint density at radius 1 is 1.30 bits per heavy atom. The Morgan fingerprint density at radius 3 is 2.80 bits per heavy atom. The maximum atomic E-state index is 13.2. The molecule has 30 heavy (non-hydrogen) atoms. The number of alkyl halides is 3. The van der Waals surface area contributed by atoms with Gasteiger partial charge in [-0.25, -0.2) is 4.98 Å². The van der Waals surface area contributed by atoms with E-state index in [-0.39, 0.29) is 30.1 Å². The van der Waals surface area contributed by atoms with E-state index in [1.807, 2.05) is 18.2 Å². The van der Waals surface area contributed by atoms with E-state index in [1.165, 1.54) is 0 Å². The fourth-order valence-corrected chi connectivity index (χ4v) is 3.33. The number of rotatable bonds is 5. The number of amides is 1. The van der Waals surface area contributed by atoms with Gasteiger partial charge in [0.25, 0.3) is 0 Å². The third-order valence-corrected chi connectivity index (χ3v) is 5.07. The minimum absolute atomic E-state index is 0.0179. The lowest BCUT2D eigenvalue weighted by Gasteiger charge is -2.28. The van der Waals surface area contributed by atoms with Crippen molar-refractivity contribution >= 4 is 23.4 Å². The van der Waals surface area contributed by atoms with E-state index in [9.17, 15) is 18.0 Å². The highest BCUT2D eigenvalue weighted by Gasteiger charge is 2.37. The van der Waals surface area contributed by atoms with E-state index in [0.29, 0.717) is 25.2 Å². The highest BCUT2D eigenvalue weighted by Crippen LogP contribution is 2.36. The molecule has 10 heteroatoms. The average Bonchev–Trinajstić information content (AvgIpc) is 3.51. The molecule has 7 nitrogen and oxygen atoms in total. The zero-order valence-corrected chi connectivity index (χ0v) is 16.0. The van der Waals surface area contributed by atoms with Crippen LogP contribution in [0.15, 0.2) is 24.4 Å². The van der Waals surface area contributed by atoms with Gasteiger partial charge in [0, 0.05) is 31.0 Å². The molecule has 1 amide bonds. The first-order valence-electron chi connectivity index (χ1n) is 9.58. The third kappa shape index (κ3) is 4.45. The fourth-order valence-electron chi connectivity index (χ4n) is 3.33. The van der Waals surface area contributed by atoms with E-state index in [0.717, 1.165) is 30.2 Å². The Labute approximate surface area is 170 Å². The van der Waals surface area contributed by atoms with Gasteiger partial charge in [-0.15, -0.1) is 0 Å². The number of anilines is 3. The first-order valence-corrected chi connectivity index (χ1v) is 9.58. The Balaban J connectivity index is 1.51. The molecule has 0 saturated heterocycles. The number of hydrogen-bond donors (Lipinski definition) is 2. The van der Waals surface area contributed by atoms with Crippen molar-refractivity contribution in [3.05, 3.63) is 41.1 Å². The highest BCUT2D eigenvalue weighted by molar-refractivity contribution is 5.78. The Morgan fingerprint density at radius 2 is 2.10 bits per heavy atom. The van der Waals surface area contributed by atoms with Crippen molar-refractivity contribution in [1.82, 2.24) is 14.9 Å². The lowest BCUT2D eigenvalue weighted by Crippen LogP contribution is -2.35. The number of nitrogens with one attached hydrogen (secondary N) is 2. The van der Waals surface area contributed by atoms with Gasteiger partial charge < -0.3 is 15.5 Å². The summed E-state index contributed by atoms with van der Waals surface area (Å²) >= 11 is 0. The maximum Gasteiger partial charge on any atom is 0.421 e. The summed E-state index contributed by atoms with van der Waals surface area (Å²) in [4.78, 5) is 21.4. The zero-order chi connectivity index (χ0) is 21.3. The lowest BCUT2D eigenvalue weighted by molar-refractivity contribution is -0.137. The van der Waals surface area contributed by atoms with Gasteiger partial charge in [0.2, 0.25) is 11.9 Å². The Hall–Kier alpha value is -3.35. The van der Waals surface area contributed by atoms with E-state index in [1.54, 1.807) is 11.0 Å². The molecule has 156 valence electrons. The molecule has 1 fully saturated rings. The second kappa shape index (κ2) is 7.82. The monoisotopic (exact) mass is 416 g/mol. The standard InChI is InChI=1S/C20H19F3N6O/c21-20(22,23)16-10-25-19(28-18(16)26-14-3-4-14)27-15-2-1-13-11-29(17(30)5-7-24)8-6-12(13)9-15/h1-2,9-10,14H,3-6,8,11H2,(H2,25,26,27,28). The molecule has 0 spiro atoms. The van der Waals surface area contributed by atoms with Gasteiger partial charge in [-0.2, -0.15) is 23.4 Å². The lowest BCUT2D eigenvalue weighted by atomic mass is 9.99. The summed E-state index contributed by atoms with van der Waals surface area (Å²) in [5, 5.41) is 14.5. The summed E-state index contributed by atoms with van der Waals surface area (Å²) in [5.74, 6) is -0.334. The van der Waals surface area contributed by atoms with E-state index >= 15 is 0 Å². The molecule has 1 aromatic heterocycles. The van der Waals surface area contributed by atoms with E-state index in [2.05, 4.69) is 20.6 Å². The van der Waals surface area contributed by atoms with Crippen LogP contribution >= 0.6 is 0 Å². The zero-order valence-electron chi connectivity index (χ0n) is 16.0. The second-order valence-electron chi connectivity index (χ2n) is 7.38. The maximum absolute atomic E-state index is 13.2. The van der Waals surface area contributed by atoms with Crippen molar-refractivity contribution in [2.75, 3.05) is 17.2 Å². The summed E-state index contributed by atoms with van der Waals surface area (Å²) in [6, 6.07) is 7.40. The minimum Gasteiger partial charge on any atom is -0.367 e. The van der Waals surface area contributed by atoms with Crippen molar-refractivity contribution in [2.45, 2.75) is 44.4 Å². The number of benzene rings is 1. The van der Waals surface area contributed by atoms with E-state index in [4.69, 9.17) is 5.26 Å². The minimum atomic E-state index is -4.53. The molecule has 0 bridgehead atoms. The normalized spacial score (nSPS) is 15.9. The first-order chi connectivity index (χ1) is 14.3. The van der Waals surface area contributed by atoms with Gasteiger partial charge in [-0.3, -0.25) is 4.79 Å². The van der Waals surface area contributed by atoms with Crippen LogP contribution < -0.4 is 10.6 Å². The van der Waals surface area contributed by atoms with Gasteiger partial charge in [-0.1, -0.05) is 6.07 Å².